The summed E-state index contributed by atoms with van der Waals surface area (Å²) >= 11 is 0. The number of ether oxygens (including phenoxy) is 2. The lowest BCUT2D eigenvalue weighted by atomic mass is 10.0. The molecule has 0 aromatic heterocycles. The van der Waals surface area contributed by atoms with E-state index in [-0.39, 0.29) is 6.04 Å². The lowest BCUT2D eigenvalue weighted by Gasteiger charge is -2.21. The highest BCUT2D eigenvalue weighted by atomic mass is 16.5. The van der Waals surface area contributed by atoms with Gasteiger partial charge >= 0.3 is 0 Å². The molecular formula is C14H22N2O3. The van der Waals surface area contributed by atoms with Crippen molar-refractivity contribution in [3.63, 3.8) is 0 Å². The van der Waals surface area contributed by atoms with Gasteiger partial charge in [-0.05, 0) is 31.0 Å². The maximum Gasteiger partial charge on any atom is 0.239 e. The van der Waals surface area contributed by atoms with E-state index in [0.717, 1.165) is 12.0 Å². The number of methoxy groups -OCH3 is 2. The van der Waals surface area contributed by atoms with Gasteiger partial charge in [-0.2, -0.15) is 0 Å². The van der Waals surface area contributed by atoms with Gasteiger partial charge in [0.2, 0.25) is 5.91 Å². The van der Waals surface area contributed by atoms with E-state index in [1.165, 1.54) is 0 Å². The molecule has 19 heavy (non-hydrogen) atoms. The summed E-state index contributed by atoms with van der Waals surface area (Å²) in [6.07, 6.45) is 0.908. The van der Waals surface area contributed by atoms with E-state index in [1.807, 2.05) is 13.8 Å². The van der Waals surface area contributed by atoms with Crippen LogP contribution >= 0.6 is 0 Å². The Bertz CT molecular complexity index is 412. The minimum absolute atomic E-state index is 0.190. The topological polar surface area (TPSA) is 73.6 Å². The van der Waals surface area contributed by atoms with Crippen LogP contribution in [0.4, 0.5) is 0 Å². The van der Waals surface area contributed by atoms with Gasteiger partial charge in [0.05, 0.1) is 14.2 Å². The first kappa shape index (κ1) is 15.3. The number of carbonyl (C=O) groups is 1. The van der Waals surface area contributed by atoms with Crippen LogP contribution in [-0.4, -0.2) is 26.2 Å². The molecule has 0 aliphatic carbocycles. The highest BCUT2D eigenvalue weighted by Crippen LogP contribution is 2.26. The third-order valence-electron chi connectivity index (χ3n) is 3.06. The summed E-state index contributed by atoms with van der Waals surface area (Å²) in [6.45, 7) is 4.05. The van der Waals surface area contributed by atoms with Crippen molar-refractivity contribution in [3.8, 4) is 11.5 Å². The fourth-order valence-electron chi connectivity index (χ4n) is 1.74. The first-order valence-electron chi connectivity index (χ1n) is 6.30. The van der Waals surface area contributed by atoms with E-state index in [4.69, 9.17) is 15.2 Å². The Balaban J connectivity index is 3.10. The molecule has 1 aromatic rings. The Hall–Kier alpha value is -1.75. The van der Waals surface area contributed by atoms with Gasteiger partial charge in [-0.1, -0.05) is 6.92 Å². The first-order chi connectivity index (χ1) is 9.01. The molecule has 1 aromatic carbocycles. The molecule has 2 unspecified atom stereocenters. The van der Waals surface area contributed by atoms with Crippen LogP contribution in [-0.2, 0) is 4.79 Å². The van der Waals surface area contributed by atoms with Gasteiger partial charge in [-0.3, -0.25) is 10.1 Å². The van der Waals surface area contributed by atoms with Gasteiger partial charge in [0.15, 0.2) is 0 Å². The van der Waals surface area contributed by atoms with E-state index in [1.54, 1.807) is 32.4 Å². The standard InChI is InChI=1S/C14H22N2O3/c1-5-9(2)16-13(14(15)17)10-6-11(18-3)8-12(7-10)19-4/h6-9,13,16H,5H2,1-4H3,(H2,15,17). The summed E-state index contributed by atoms with van der Waals surface area (Å²) in [5, 5.41) is 3.20. The molecule has 106 valence electrons. The van der Waals surface area contributed by atoms with Crippen molar-refractivity contribution in [2.24, 2.45) is 5.73 Å². The van der Waals surface area contributed by atoms with Crippen LogP contribution in [0.15, 0.2) is 18.2 Å². The first-order valence-corrected chi connectivity index (χ1v) is 6.30. The number of hydrogen-bond acceptors (Lipinski definition) is 4. The van der Waals surface area contributed by atoms with E-state index >= 15 is 0 Å². The van der Waals surface area contributed by atoms with E-state index < -0.39 is 11.9 Å². The van der Waals surface area contributed by atoms with Gasteiger partial charge in [0, 0.05) is 12.1 Å². The molecule has 0 aliphatic rings. The lowest BCUT2D eigenvalue weighted by Crippen LogP contribution is -2.38. The van der Waals surface area contributed by atoms with Crippen LogP contribution < -0.4 is 20.5 Å². The van der Waals surface area contributed by atoms with Crippen molar-refractivity contribution in [1.29, 1.82) is 0 Å². The van der Waals surface area contributed by atoms with Crippen molar-refractivity contribution >= 4 is 5.91 Å². The second kappa shape index (κ2) is 6.99. The Labute approximate surface area is 114 Å². The summed E-state index contributed by atoms with van der Waals surface area (Å²) in [5.41, 5.74) is 6.21. The summed E-state index contributed by atoms with van der Waals surface area (Å²) in [7, 11) is 3.14. The number of amides is 1. The number of primary amides is 1. The normalized spacial score (nSPS) is 13.7. The van der Waals surface area contributed by atoms with Crippen molar-refractivity contribution in [2.75, 3.05) is 14.2 Å². The van der Waals surface area contributed by atoms with Crippen LogP contribution in [0.2, 0.25) is 0 Å². The number of rotatable bonds is 7. The zero-order valence-electron chi connectivity index (χ0n) is 11.9. The number of nitrogens with one attached hydrogen (secondary N) is 1. The van der Waals surface area contributed by atoms with Crippen molar-refractivity contribution < 1.29 is 14.3 Å². The third-order valence-corrected chi connectivity index (χ3v) is 3.06. The average molecular weight is 266 g/mol. The number of carbonyl (C=O) groups excluding carboxylic acids is 1. The van der Waals surface area contributed by atoms with Crippen LogP contribution in [0, 0.1) is 0 Å². The Kier molecular flexibility index (Phi) is 5.63. The summed E-state index contributed by atoms with van der Waals surface area (Å²) in [4.78, 5) is 11.6. The monoisotopic (exact) mass is 266 g/mol. The Morgan fingerprint density at radius 3 is 2.16 bits per heavy atom. The number of hydrogen-bond donors (Lipinski definition) is 2. The zero-order valence-corrected chi connectivity index (χ0v) is 11.9. The molecule has 0 radical (unpaired) electrons. The third kappa shape index (κ3) is 4.13. The van der Waals surface area contributed by atoms with Gasteiger partial charge in [0.25, 0.3) is 0 Å². The van der Waals surface area contributed by atoms with Crippen LogP contribution in [0.1, 0.15) is 31.9 Å². The minimum atomic E-state index is -0.557. The molecule has 5 heteroatoms. The molecule has 0 heterocycles. The SMILES string of the molecule is CCC(C)NC(C(N)=O)c1cc(OC)cc(OC)c1. The second-order valence-electron chi connectivity index (χ2n) is 4.46. The maximum absolute atomic E-state index is 11.6. The van der Waals surface area contributed by atoms with Crippen LogP contribution in [0.25, 0.3) is 0 Å². The van der Waals surface area contributed by atoms with Crippen molar-refractivity contribution in [3.05, 3.63) is 23.8 Å². The maximum atomic E-state index is 11.6. The highest BCUT2D eigenvalue weighted by Gasteiger charge is 2.20. The Morgan fingerprint density at radius 1 is 1.26 bits per heavy atom. The lowest BCUT2D eigenvalue weighted by molar-refractivity contribution is -0.120. The molecule has 2 atom stereocenters. The van der Waals surface area contributed by atoms with Gasteiger partial charge < -0.3 is 15.2 Å². The quantitative estimate of drug-likeness (QED) is 0.786. The van der Waals surface area contributed by atoms with Gasteiger partial charge in [0.1, 0.15) is 17.5 Å². The molecule has 3 N–H and O–H groups in total. The van der Waals surface area contributed by atoms with E-state index in [0.29, 0.717) is 11.5 Å². The molecule has 1 rings (SSSR count). The molecule has 0 saturated carbocycles. The fourth-order valence-corrected chi connectivity index (χ4v) is 1.74. The molecular weight excluding hydrogens is 244 g/mol. The van der Waals surface area contributed by atoms with Crippen molar-refractivity contribution in [1.82, 2.24) is 5.32 Å². The van der Waals surface area contributed by atoms with Crippen LogP contribution in [0.3, 0.4) is 0 Å². The van der Waals surface area contributed by atoms with Crippen molar-refractivity contribution in [2.45, 2.75) is 32.4 Å². The highest BCUT2D eigenvalue weighted by molar-refractivity contribution is 5.81. The second-order valence-corrected chi connectivity index (χ2v) is 4.46. The van der Waals surface area contributed by atoms with Gasteiger partial charge in [-0.25, -0.2) is 0 Å². The summed E-state index contributed by atoms with van der Waals surface area (Å²) in [5.74, 6) is 0.841. The molecule has 0 aliphatic heterocycles. The minimum Gasteiger partial charge on any atom is -0.497 e. The molecule has 5 nitrogen and oxygen atoms in total. The molecule has 0 bridgehead atoms. The average Bonchev–Trinajstić information content (AvgIpc) is 2.43. The zero-order chi connectivity index (χ0) is 14.4. The van der Waals surface area contributed by atoms with E-state index in [9.17, 15) is 4.79 Å². The smallest absolute Gasteiger partial charge is 0.239 e. The summed E-state index contributed by atoms with van der Waals surface area (Å²) in [6, 6.07) is 4.96. The molecule has 0 fully saturated rings. The molecule has 0 spiro atoms. The largest absolute Gasteiger partial charge is 0.497 e. The molecule has 0 saturated heterocycles. The number of nitrogens with two attached hydrogens (primary N) is 1. The summed E-state index contributed by atoms with van der Waals surface area (Å²) < 4.78 is 10.4. The Morgan fingerprint density at radius 2 is 1.79 bits per heavy atom. The van der Waals surface area contributed by atoms with E-state index in [2.05, 4.69) is 5.32 Å². The fraction of sp³-hybridized carbons (Fsp3) is 0.500. The van der Waals surface area contributed by atoms with Crippen LogP contribution in [0.5, 0.6) is 11.5 Å². The predicted octanol–water partition coefficient (Wildman–Crippen LogP) is 1.62. The number of benzene rings is 1. The molecule has 1 amide bonds. The predicted molar refractivity (Wildman–Crippen MR) is 74.4 cm³/mol. The van der Waals surface area contributed by atoms with Gasteiger partial charge in [-0.15, -0.1) is 0 Å².